The molecule has 0 aliphatic carbocycles. The summed E-state index contributed by atoms with van der Waals surface area (Å²) in [6, 6.07) is 5.99. The Hall–Kier alpha value is -2.04. The number of hydrogen-bond donors (Lipinski definition) is 1. The third-order valence-corrected chi connectivity index (χ3v) is 1.67. The van der Waals surface area contributed by atoms with Crippen LogP contribution in [-0.4, -0.2) is 15.0 Å². The van der Waals surface area contributed by atoms with Crippen LogP contribution in [0.2, 0.25) is 0 Å². The van der Waals surface area contributed by atoms with E-state index in [-0.39, 0.29) is 11.8 Å². The number of rotatable bonds is 1. The van der Waals surface area contributed by atoms with Crippen molar-refractivity contribution in [2.24, 2.45) is 0 Å². The van der Waals surface area contributed by atoms with Crippen molar-refractivity contribution in [1.29, 1.82) is 0 Å². The summed E-state index contributed by atoms with van der Waals surface area (Å²) in [7, 11) is 0. The highest BCUT2D eigenvalue weighted by molar-refractivity contribution is 5.55. The van der Waals surface area contributed by atoms with E-state index in [2.05, 4.69) is 15.0 Å². The van der Waals surface area contributed by atoms with Gasteiger partial charge in [0.1, 0.15) is 12.1 Å². The van der Waals surface area contributed by atoms with Gasteiger partial charge >= 0.3 is 0 Å². The molecular weight excluding hydrogens is 183 g/mol. The smallest absolute Gasteiger partial charge is 0.223 e. The maximum Gasteiger partial charge on any atom is 0.223 e. The monoisotopic (exact) mass is 190 g/mol. The quantitative estimate of drug-likeness (QED) is 0.735. The lowest BCUT2D eigenvalue weighted by Gasteiger charge is -1.99. The maximum absolute atomic E-state index is 12.9. The lowest BCUT2D eigenvalue weighted by atomic mass is 10.2. The minimum Gasteiger partial charge on any atom is -0.368 e. The molecule has 0 atom stereocenters. The number of benzene rings is 1. The van der Waals surface area contributed by atoms with Crippen LogP contribution in [0.3, 0.4) is 0 Å². The number of anilines is 1. The predicted octanol–water partition coefficient (Wildman–Crippen LogP) is 1.26. The third kappa shape index (κ3) is 1.66. The van der Waals surface area contributed by atoms with Crippen LogP contribution >= 0.6 is 0 Å². The highest BCUT2D eigenvalue weighted by Gasteiger charge is 2.02. The first-order chi connectivity index (χ1) is 6.75. The Kier molecular flexibility index (Phi) is 2.06. The van der Waals surface area contributed by atoms with Gasteiger partial charge in [0.2, 0.25) is 5.95 Å². The fourth-order valence-corrected chi connectivity index (χ4v) is 1.08. The SMILES string of the molecule is Nc1ncnc(-c2cccc(F)c2)n1. The zero-order valence-corrected chi connectivity index (χ0v) is 7.18. The summed E-state index contributed by atoms with van der Waals surface area (Å²) in [5.41, 5.74) is 5.96. The summed E-state index contributed by atoms with van der Waals surface area (Å²) in [5.74, 6) is 0.165. The number of hydrogen-bond acceptors (Lipinski definition) is 4. The van der Waals surface area contributed by atoms with E-state index in [1.165, 1.54) is 18.5 Å². The molecule has 1 aromatic carbocycles. The predicted molar refractivity (Wildman–Crippen MR) is 49.6 cm³/mol. The van der Waals surface area contributed by atoms with E-state index in [0.717, 1.165) is 0 Å². The van der Waals surface area contributed by atoms with Gasteiger partial charge in [-0.1, -0.05) is 12.1 Å². The second-order valence-corrected chi connectivity index (χ2v) is 2.68. The van der Waals surface area contributed by atoms with Gasteiger partial charge in [-0.2, -0.15) is 4.98 Å². The van der Waals surface area contributed by atoms with Crippen LogP contribution < -0.4 is 5.73 Å². The van der Waals surface area contributed by atoms with Crippen molar-refractivity contribution < 1.29 is 4.39 Å². The summed E-state index contributed by atoms with van der Waals surface area (Å²) in [6.07, 6.45) is 1.29. The summed E-state index contributed by atoms with van der Waals surface area (Å²) < 4.78 is 12.9. The lowest BCUT2D eigenvalue weighted by Crippen LogP contribution is -1.98. The third-order valence-electron chi connectivity index (χ3n) is 1.67. The van der Waals surface area contributed by atoms with E-state index >= 15 is 0 Å². The Morgan fingerprint density at radius 3 is 2.79 bits per heavy atom. The molecule has 2 N–H and O–H groups in total. The number of nitrogens with two attached hydrogens (primary N) is 1. The summed E-state index contributed by atoms with van der Waals surface area (Å²) in [4.78, 5) is 11.4. The molecule has 2 aromatic rings. The standard InChI is InChI=1S/C9H7FN4/c10-7-3-1-2-6(4-7)8-12-5-13-9(11)14-8/h1-5H,(H2,11,12,13,14). The molecule has 5 heteroatoms. The van der Waals surface area contributed by atoms with Crippen LogP contribution in [0.1, 0.15) is 0 Å². The van der Waals surface area contributed by atoms with Crippen LogP contribution in [0.25, 0.3) is 11.4 Å². The minimum absolute atomic E-state index is 0.124. The van der Waals surface area contributed by atoms with Crippen LogP contribution in [0.15, 0.2) is 30.6 Å². The Labute approximate surface area is 79.7 Å². The number of aromatic nitrogens is 3. The molecule has 70 valence electrons. The van der Waals surface area contributed by atoms with Crippen molar-refractivity contribution in [3.63, 3.8) is 0 Å². The fourth-order valence-electron chi connectivity index (χ4n) is 1.08. The highest BCUT2D eigenvalue weighted by atomic mass is 19.1. The first-order valence-corrected chi connectivity index (χ1v) is 3.96. The first kappa shape index (κ1) is 8.55. The number of nitrogen functional groups attached to an aromatic ring is 1. The van der Waals surface area contributed by atoms with Gasteiger partial charge in [-0.15, -0.1) is 0 Å². The van der Waals surface area contributed by atoms with Gasteiger partial charge in [-0.05, 0) is 12.1 Å². The number of nitrogens with zero attached hydrogens (tertiary/aromatic N) is 3. The van der Waals surface area contributed by atoms with Crippen LogP contribution in [-0.2, 0) is 0 Å². The molecule has 2 rings (SSSR count). The molecule has 0 aliphatic heterocycles. The molecule has 0 bridgehead atoms. The van der Waals surface area contributed by atoms with Gasteiger partial charge in [0.25, 0.3) is 0 Å². The fraction of sp³-hybridized carbons (Fsp3) is 0. The molecule has 1 aromatic heterocycles. The van der Waals surface area contributed by atoms with Crippen LogP contribution in [0.5, 0.6) is 0 Å². The van der Waals surface area contributed by atoms with Crippen molar-refractivity contribution in [1.82, 2.24) is 15.0 Å². The average Bonchev–Trinajstić information content (AvgIpc) is 2.18. The minimum atomic E-state index is -0.332. The van der Waals surface area contributed by atoms with Crippen LogP contribution in [0, 0.1) is 5.82 Å². The molecule has 14 heavy (non-hydrogen) atoms. The van der Waals surface area contributed by atoms with Crippen molar-refractivity contribution in [3.8, 4) is 11.4 Å². The van der Waals surface area contributed by atoms with Gasteiger partial charge in [-0.25, -0.2) is 14.4 Å². The molecule has 0 amide bonds. The molecule has 0 fully saturated rings. The van der Waals surface area contributed by atoms with Gasteiger partial charge < -0.3 is 5.73 Å². The van der Waals surface area contributed by atoms with Gasteiger partial charge in [0, 0.05) is 5.56 Å². The highest BCUT2D eigenvalue weighted by Crippen LogP contribution is 2.14. The Morgan fingerprint density at radius 1 is 1.21 bits per heavy atom. The molecule has 4 nitrogen and oxygen atoms in total. The molecule has 0 unspecified atom stereocenters. The van der Waals surface area contributed by atoms with Crippen molar-refractivity contribution in [2.75, 3.05) is 5.73 Å². The molecule has 0 radical (unpaired) electrons. The second-order valence-electron chi connectivity index (χ2n) is 2.68. The zero-order valence-electron chi connectivity index (χ0n) is 7.18. The summed E-state index contributed by atoms with van der Waals surface area (Å²) >= 11 is 0. The number of halogens is 1. The van der Waals surface area contributed by atoms with E-state index in [0.29, 0.717) is 11.4 Å². The molecule has 0 saturated carbocycles. The van der Waals surface area contributed by atoms with Gasteiger partial charge in [0.15, 0.2) is 5.82 Å². The largest absolute Gasteiger partial charge is 0.368 e. The maximum atomic E-state index is 12.9. The van der Waals surface area contributed by atoms with E-state index in [1.807, 2.05) is 0 Å². The molecule has 0 spiro atoms. The van der Waals surface area contributed by atoms with E-state index in [1.54, 1.807) is 12.1 Å². The van der Waals surface area contributed by atoms with Crippen LogP contribution in [0.4, 0.5) is 10.3 Å². The molecule has 0 aliphatic rings. The lowest BCUT2D eigenvalue weighted by molar-refractivity contribution is 0.628. The van der Waals surface area contributed by atoms with Crippen molar-refractivity contribution in [3.05, 3.63) is 36.4 Å². The van der Waals surface area contributed by atoms with E-state index in [9.17, 15) is 4.39 Å². The summed E-state index contributed by atoms with van der Waals surface area (Å²) in [6.45, 7) is 0. The van der Waals surface area contributed by atoms with E-state index < -0.39 is 0 Å². The Bertz CT molecular complexity index is 415. The average molecular weight is 190 g/mol. The van der Waals surface area contributed by atoms with Gasteiger partial charge in [0.05, 0.1) is 0 Å². The zero-order chi connectivity index (χ0) is 9.97. The summed E-state index contributed by atoms with van der Waals surface area (Å²) in [5, 5.41) is 0. The topological polar surface area (TPSA) is 64.7 Å². The molecule has 0 saturated heterocycles. The van der Waals surface area contributed by atoms with Crippen molar-refractivity contribution >= 4 is 5.95 Å². The first-order valence-electron chi connectivity index (χ1n) is 3.96. The second kappa shape index (κ2) is 3.37. The van der Waals surface area contributed by atoms with E-state index in [4.69, 9.17) is 5.73 Å². The normalized spacial score (nSPS) is 10.1. The molecular formula is C9H7FN4. The van der Waals surface area contributed by atoms with Crippen molar-refractivity contribution in [2.45, 2.75) is 0 Å². The van der Waals surface area contributed by atoms with Gasteiger partial charge in [-0.3, -0.25) is 0 Å². The Balaban J connectivity index is 2.49. The molecule has 1 heterocycles. The Morgan fingerprint density at radius 2 is 2.07 bits per heavy atom.